The normalized spacial score (nSPS) is 12.2. The first kappa shape index (κ1) is 18.6. The predicted molar refractivity (Wildman–Crippen MR) is 91.5 cm³/mol. The number of nitrogens with zero attached hydrogens (tertiary/aromatic N) is 4. The summed E-state index contributed by atoms with van der Waals surface area (Å²) in [7, 11) is 0. The Bertz CT molecular complexity index is 975. The van der Waals surface area contributed by atoms with Crippen molar-refractivity contribution in [3.63, 3.8) is 0 Å². The molecule has 0 unspecified atom stereocenters. The number of hydrogen-bond donors (Lipinski definition) is 1. The van der Waals surface area contributed by atoms with Gasteiger partial charge < -0.3 is 4.74 Å². The highest BCUT2D eigenvalue weighted by Crippen LogP contribution is 2.30. The molecule has 0 aliphatic heterocycles. The highest BCUT2D eigenvalue weighted by atomic mass is 19.4. The highest BCUT2D eigenvalue weighted by Gasteiger charge is 2.31. The number of carbonyl (C=O) groups is 1. The Hall–Kier alpha value is -3.17. The first-order chi connectivity index (χ1) is 12.5. The van der Waals surface area contributed by atoms with E-state index in [-0.39, 0.29) is 11.2 Å². The number of nitrogens with one attached hydrogen (secondary N) is 1. The average Bonchev–Trinajstić information content (AvgIpc) is 2.96. The van der Waals surface area contributed by atoms with Crippen LogP contribution in [-0.4, -0.2) is 31.7 Å². The van der Waals surface area contributed by atoms with Crippen molar-refractivity contribution in [3.05, 3.63) is 42.1 Å². The van der Waals surface area contributed by atoms with Gasteiger partial charge in [0.15, 0.2) is 5.65 Å². The van der Waals surface area contributed by atoms with Gasteiger partial charge in [0, 0.05) is 11.9 Å². The van der Waals surface area contributed by atoms with Crippen molar-refractivity contribution in [2.75, 3.05) is 5.32 Å². The molecule has 0 fully saturated rings. The number of anilines is 1. The number of halogens is 3. The van der Waals surface area contributed by atoms with Crippen LogP contribution in [0.1, 0.15) is 26.3 Å². The summed E-state index contributed by atoms with van der Waals surface area (Å²) in [5.41, 5.74) is -0.273. The van der Waals surface area contributed by atoms with Crippen molar-refractivity contribution in [2.24, 2.45) is 0 Å². The van der Waals surface area contributed by atoms with Crippen LogP contribution < -0.4 is 5.32 Å². The molecule has 1 aromatic carbocycles. The molecule has 7 nitrogen and oxygen atoms in total. The molecular weight excluding hydrogens is 363 g/mol. The zero-order valence-corrected chi connectivity index (χ0v) is 14.7. The van der Waals surface area contributed by atoms with Crippen LogP contribution in [0.4, 0.5) is 23.7 Å². The Labute approximate surface area is 152 Å². The van der Waals surface area contributed by atoms with Crippen molar-refractivity contribution >= 4 is 22.9 Å². The molecule has 2 heterocycles. The molecule has 0 radical (unpaired) electrons. The molecule has 3 rings (SSSR count). The molecule has 0 aliphatic carbocycles. The number of benzene rings is 1. The van der Waals surface area contributed by atoms with Gasteiger partial charge in [-0.05, 0) is 51.1 Å². The summed E-state index contributed by atoms with van der Waals surface area (Å²) < 4.78 is 44.7. The number of alkyl halides is 3. The lowest BCUT2D eigenvalue weighted by molar-refractivity contribution is -0.137. The molecular formula is C17H16F3N5O2. The number of rotatable bonds is 2. The largest absolute Gasteiger partial charge is 0.444 e. The smallest absolute Gasteiger partial charge is 0.417 e. The monoisotopic (exact) mass is 379 g/mol. The maximum absolute atomic E-state index is 12.8. The Morgan fingerprint density at radius 1 is 1.15 bits per heavy atom. The van der Waals surface area contributed by atoms with Crippen molar-refractivity contribution in [2.45, 2.75) is 32.5 Å². The van der Waals surface area contributed by atoms with E-state index in [1.54, 1.807) is 45.0 Å². The number of carbonyl (C=O) groups excluding carboxylic acids is 1. The van der Waals surface area contributed by atoms with Gasteiger partial charge >= 0.3 is 12.3 Å². The van der Waals surface area contributed by atoms with Crippen LogP contribution in [0.5, 0.6) is 0 Å². The van der Waals surface area contributed by atoms with E-state index >= 15 is 0 Å². The molecule has 0 spiro atoms. The van der Waals surface area contributed by atoms with Gasteiger partial charge in [0.05, 0.1) is 11.3 Å². The van der Waals surface area contributed by atoms with Gasteiger partial charge in [-0.1, -0.05) is 5.21 Å². The van der Waals surface area contributed by atoms with E-state index in [1.807, 2.05) is 0 Å². The summed E-state index contributed by atoms with van der Waals surface area (Å²) in [6.07, 6.45) is -4.36. The van der Waals surface area contributed by atoms with Gasteiger partial charge in [-0.3, -0.25) is 5.32 Å². The number of amides is 1. The zero-order valence-electron chi connectivity index (χ0n) is 14.7. The fraction of sp³-hybridized carbons (Fsp3) is 0.294. The first-order valence-electron chi connectivity index (χ1n) is 7.92. The molecule has 0 saturated carbocycles. The third-order valence-corrected chi connectivity index (χ3v) is 3.37. The quantitative estimate of drug-likeness (QED) is 0.722. The molecule has 0 atom stereocenters. The predicted octanol–water partition coefficient (Wildman–Crippen LogP) is 4.18. The van der Waals surface area contributed by atoms with Crippen LogP contribution in [0.15, 0.2) is 36.5 Å². The van der Waals surface area contributed by atoms with E-state index < -0.39 is 23.4 Å². The standard InChI is InChI=1S/C17H16F3N5O2/c1-16(2,3)27-15(26)22-11-4-6-12(7-5-11)25-14-13(23-24-25)8-10(9-21-14)17(18,19)20/h4-9H,1-3H3,(H,22,26). The lowest BCUT2D eigenvalue weighted by Crippen LogP contribution is -2.27. The fourth-order valence-electron chi connectivity index (χ4n) is 2.25. The van der Waals surface area contributed by atoms with E-state index in [0.717, 1.165) is 12.3 Å². The molecule has 3 aromatic rings. The minimum atomic E-state index is -4.50. The fourth-order valence-corrected chi connectivity index (χ4v) is 2.25. The van der Waals surface area contributed by atoms with E-state index in [1.165, 1.54) is 4.68 Å². The second-order valence-electron chi connectivity index (χ2n) is 6.74. The van der Waals surface area contributed by atoms with Crippen LogP contribution in [0, 0.1) is 0 Å². The van der Waals surface area contributed by atoms with Crippen molar-refractivity contribution in [1.82, 2.24) is 20.0 Å². The first-order valence-corrected chi connectivity index (χ1v) is 7.92. The third-order valence-electron chi connectivity index (χ3n) is 3.37. The van der Waals surface area contributed by atoms with Crippen LogP contribution in [-0.2, 0) is 10.9 Å². The zero-order chi connectivity index (χ0) is 19.8. The van der Waals surface area contributed by atoms with Gasteiger partial charge in [-0.15, -0.1) is 5.10 Å². The van der Waals surface area contributed by atoms with Crippen molar-refractivity contribution < 1.29 is 22.7 Å². The minimum Gasteiger partial charge on any atom is -0.444 e. The summed E-state index contributed by atoms with van der Waals surface area (Å²) in [4.78, 5) is 15.6. The van der Waals surface area contributed by atoms with E-state index in [4.69, 9.17) is 4.74 Å². The maximum atomic E-state index is 12.8. The molecule has 2 aromatic heterocycles. The second-order valence-corrected chi connectivity index (χ2v) is 6.74. The topological polar surface area (TPSA) is 81.9 Å². The van der Waals surface area contributed by atoms with Crippen LogP contribution in [0.2, 0.25) is 0 Å². The molecule has 10 heteroatoms. The van der Waals surface area contributed by atoms with E-state index in [2.05, 4.69) is 20.6 Å². The summed E-state index contributed by atoms with van der Waals surface area (Å²) in [5.74, 6) is 0. The second kappa shape index (κ2) is 6.53. The molecule has 0 aliphatic rings. The van der Waals surface area contributed by atoms with Gasteiger partial charge in [0.25, 0.3) is 0 Å². The third kappa shape index (κ3) is 4.33. The lowest BCUT2D eigenvalue weighted by Gasteiger charge is -2.19. The van der Waals surface area contributed by atoms with Crippen LogP contribution in [0.25, 0.3) is 16.9 Å². The van der Waals surface area contributed by atoms with Crippen LogP contribution >= 0.6 is 0 Å². The summed E-state index contributed by atoms with van der Waals surface area (Å²) in [6, 6.07) is 7.36. The minimum absolute atomic E-state index is 0.0285. The lowest BCUT2D eigenvalue weighted by atomic mass is 10.2. The van der Waals surface area contributed by atoms with E-state index in [0.29, 0.717) is 11.4 Å². The van der Waals surface area contributed by atoms with Gasteiger partial charge in [-0.25, -0.2) is 9.78 Å². The number of ether oxygens (including phenoxy) is 1. The number of pyridine rings is 1. The Morgan fingerprint density at radius 2 is 1.81 bits per heavy atom. The van der Waals surface area contributed by atoms with Gasteiger partial charge in [-0.2, -0.15) is 17.9 Å². The van der Waals surface area contributed by atoms with Gasteiger partial charge in [0.1, 0.15) is 11.1 Å². The van der Waals surface area contributed by atoms with E-state index in [9.17, 15) is 18.0 Å². The Morgan fingerprint density at radius 3 is 2.41 bits per heavy atom. The molecule has 142 valence electrons. The Balaban J connectivity index is 1.82. The summed E-state index contributed by atoms with van der Waals surface area (Å²) >= 11 is 0. The molecule has 0 bridgehead atoms. The maximum Gasteiger partial charge on any atom is 0.417 e. The molecule has 27 heavy (non-hydrogen) atoms. The summed E-state index contributed by atoms with van der Waals surface area (Å²) in [6.45, 7) is 5.26. The summed E-state index contributed by atoms with van der Waals surface area (Å²) in [5, 5.41) is 10.2. The average molecular weight is 379 g/mol. The number of aromatic nitrogens is 4. The number of hydrogen-bond acceptors (Lipinski definition) is 5. The van der Waals surface area contributed by atoms with Crippen molar-refractivity contribution in [3.8, 4) is 5.69 Å². The van der Waals surface area contributed by atoms with Gasteiger partial charge in [0.2, 0.25) is 0 Å². The number of fused-ring (bicyclic) bond motifs is 1. The SMILES string of the molecule is CC(C)(C)OC(=O)Nc1ccc(-n2nnc3cc(C(F)(F)F)cnc32)cc1. The molecule has 1 N–H and O–H groups in total. The molecule has 1 amide bonds. The Kier molecular flexibility index (Phi) is 4.50. The highest BCUT2D eigenvalue weighted by molar-refractivity contribution is 5.85. The molecule has 0 saturated heterocycles. The van der Waals surface area contributed by atoms with Crippen LogP contribution in [0.3, 0.4) is 0 Å². The van der Waals surface area contributed by atoms with Crippen molar-refractivity contribution in [1.29, 1.82) is 0 Å².